The van der Waals surface area contributed by atoms with Gasteiger partial charge in [0.1, 0.15) is 0 Å². The van der Waals surface area contributed by atoms with Crippen LogP contribution in [-0.4, -0.2) is 39.4 Å². The molecule has 3 amide bonds. The number of H-pyrrole nitrogens is 1. The van der Waals surface area contributed by atoms with E-state index in [2.05, 4.69) is 25.8 Å². The first-order valence-corrected chi connectivity index (χ1v) is 7.15. The van der Waals surface area contributed by atoms with Crippen molar-refractivity contribution in [2.24, 2.45) is 0 Å². The lowest BCUT2D eigenvalue weighted by Gasteiger charge is -2.08. The summed E-state index contributed by atoms with van der Waals surface area (Å²) in [5.41, 5.74) is 0.916. The lowest BCUT2D eigenvalue weighted by atomic mass is 10.2. The Balaban J connectivity index is 1.99. The van der Waals surface area contributed by atoms with E-state index < -0.39 is 17.2 Å². The van der Waals surface area contributed by atoms with Gasteiger partial charge in [-0.05, 0) is 6.92 Å². The molecule has 0 aliphatic rings. The smallest absolute Gasteiger partial charge is 0.321 e. The summed E-state index contributed by atoms with van der Waals surface area (Å²) < 4.78 is 0. The van der Waals surface area contributed by atoms with E-state index in [1.807, 2.05) is 30.3 Å². The Morgan fingerprint density at radius 2 is 2.00 bits per heavy atom. The summed E-state index contributed by atoms with van der Waals surface area (Å²) in [6.07, 6.45) is 0. The highest BCUT2D eigenvalue weighted by atomic mass is 32.2. The van der Waals surface area contributed by atoms with Gasteiger partial charge >= 0.3 is 6.03 Å². The van der Waals surface area contributed by atoms with E-state index in [1.54, 1.807) is 6.92 Å². The lowest BCUT2D eigenvalue weighted by molar-refractivity contribution is -0.119. The van der Waals surface area contributed by atoms with Crippen LogP contribution in [0.25, 0.3) is 11.4 Å². The van der Waals surface area contributed by atoms with Crippen LogP contribution in [0, 0.1) is 0 Å². The highest BCUT2D eigenvalue weighted by Crippen LogP contribution is 2.22. The third kappa shape index (κ3) is 4.06. The number of aromatic nitrogens is 3. The second-order valence-electron chi connectivity index (χ2n) is 4.16. The van der Waals surface area contributed by atoms with Crippen molar-refractivity contribution in [3.63, 3.8) is 0 Å². The van der Waals surface area contributed by atoms with Crippen LogP contribution in [0.5, 0.6) is 0 Å². The molecule has 0 bridgehead atoms. The average Bonchev–Trinajstić information content (AvgIpc) is 2.96. The third-order valence-corrected chi connectivity index (χ3v) is 3.59. The van der Waals surface area contributed by atoms with Crippen LogP contribution < -0.4 is 10.6 Å². The summed E-state index contributed by atoms with van der Waals surface area (Å²) in [6.45, 7) is 1.68. The molecule has 110 valence electrons. The molecule has 21 heavy (non-hydrogen) atoms. The summed E-state index contributed by atoms with van der Waals surface area (Å²) in [6, 6.07) is 9.02. The average molecular weight is 305 g/mol. The molecule has 8 heteroatoms. The molecule has 0 saturated carbocycles. The predicted octanol–water partition coefficient (Wildman–Crippen LogP) is 1.41. The maximum atomic E-state index is 11.7. The van der Waals surface area contributed by atoms with Crippen LogP contribution >= 0.6 is 11.8 Å². The number of thioether (sulfide) groups is 1. The number of aromatic amines is 1. The summed E-state index contributed by atoms with van der Waals surface area (Å²) in [5, 5.41) is 11.4. The minimum atomic E-state index is -0.535. The maximum absolute atomic E-state index is 11.7. The second-order valence-corrected chi connectivity index (χ2v) is 5.47. The van der Waals surface area contributed by atoms with Crippen molar-refractivity contribution < 1.29 is 9.59 Å². The zero-order valence-electron chi connectivity index (χ0n) is 11.6. The van der Waals surface area contributed by atoms with E-state index in [-0.39, 0.29) is 0 Å². The minimum absolute atomic E-state index is 0.398. The Kier molecular flexibility index (Phi) is 4.94. The Labute approximate surface area is 125 Å². The van der Waals surface area contributed by atoms with Crippen molar-refractivity contribution in [2.75, 3.05) is 7.05 Å². The van der Waals surface area contributed by atoms with Gasteiger partial charge in [0.15, 0.2) is 5.82 Å². The first kappa shape index (κ1) is 15.0. The van der Waals surface area contributed by atoms with Gasteiger partial charge in [-0.1, -0.05) is 42.1 Å². The Morgan fingerprint density at radius 1 is 1.29 bits per heavy atom. The van der Waals surface area contributed by atoms with Gasteiger partial charge in [-0.3, -0.25) is 15.2 Å². The van der Waals surface area contributed by atoms with Crippen molar-refractivity contribution >= 4 is 23.7 Å². The largest absolute Gasteiger partial charge is 0.341 e. The molecule has 0 aliphatic heterocycles. The maximum Gasteiger partial charge on any atom is 0.321 e. The van der Waals surface area contributed by atoms with Crippen LogP contribution in [0.4, 0.5) is 4.79 Å². The fraction of sp³-hybridized carbons (Fsp3) is 0.231. The number of rotatable bonds is 4. The third-order valence-electron chi connectivity index (χ3n) is 2.63. The van der Waals surface area contributed by atoms with Gasteiger partial charge in [0.25, 0.3) is 0 Å². The van der Waals surface area contributed by atoms with Crippen molar-refractivity contribution in [2.45, 2.75) is 17.3 Å². The molecule has 7 nitrogen and oxygen atoms in total. The normalized spacial score (nSPS) is 11.7. The Hall–Kier alpha value is -2.35. The van der Waals surface area contributed by atoms with Gasteiger partial charge < -0.3 is 5.32 Å². The summed E-state index contributed by atoms with van der Waals surface area (Å²) in [7, 11) is 1.45. The topological polar surface area (TPSA) is 99.8 Å². The van der Waals surface area contributed by atoms with Gasteiger partial charge in [0, 0.05) is 12.6 Å². The molecule has 1 aromatic heterocycles. The van der Waals surface area contributed by atoms with Crippen LogP contribution in [0.1, 0.15) is 6.92 Å². The van der Waals surface area contributed by atoms with E-state index >= 15 is 0 Å². The number of benzene rings is 1. The molecular weight excluding hydrogens is 290 g/mol. The van der Waals surface area contributed by atoms with E-state index in [0.29, 0.717) is 11.0 Å². The van der Waals surface area contributed by atoms with Gasteiger partial charge in [0.05, 0.1) is 5.25 Å². The molecule has 3 N–H and O–H groups in total. The molecule has 2 rings (SSSR count). The van der Waals surface area contributed by atoms with Crippen LogP contribution in [0.2, 0.25) is 0 Å². The van der Waals surface area contributed by atoms with Crippen molar-refractivity contribution in [3.8, 4) is 11.4 Å². The molecule has 0 spiro atoms. The Bertz CT molecular complexity index is 629. The number of urea groups is 1. The van der Waals surface area contributed by atoms with Crippen molar-refractivity contribution in [1.82, 2.24) is 25.8 Å². The molecular formula is C13H15N5O2S. The first-order chi connectivity index (χ1) is 10.1. The predicted molar refractivity (Wildman–Crippen MR) is 79.7 cm³/mol. The van der Waals surface area contributed by atoms with Gasteiger partial charge in [0.2, 0.25) is 11.1 Å². The summed E-state index contributed by atoms with van der Waals surface area (Å²) >= 11 is 1.17. The number of imide groups is 1. The first-order valence-electron chi connectivity index (χ1n) is 6.27. The number of hydrogen-bond acceptors (Lipinski definition) is 5. The molecule has 0 saturated heterocycles. The van der Waals surface area contributed by atoms with Gasteiger partial charge in [-0.15, -0.1) is 5.10 Å². The minimum Gasteiger partial charge on any atom is -0.341 e. The van der Waals surface area contributed by atoms with E-state index in [1.165, 1.54) is 18.8 Å². The lowest BCUT2D eigenvalue weighted by Crippen LogP contribution is -2.41. The number of carbonyl (C=O) groups excluding carboxylic acids is 2. The van der Waals surface area contributed by atoms with Gasteiger partial charge in [-0.2, -0.15) is 0 Å². The van der Waals surface area contributed by atoms with E-state index in [0.717, 1.165) is 5.56 Å². The molecule has 0 radical (unpaired) electrons. The molecule has 1 aromatic carbocycles. The van der Waals surface area contributed by atoms with E-state index in [9.17, 15) is 9.59 Å². The highest BCUT2D eigenvalue weighted by Gasteiger charge is 2.18. The molecule has 1 atom stereocenters. The van der Waals surface area contributed by atoms with Crippen LogP contribution in [-0.2, 0) is 4.79 Å². The zero-order valence-corrected chi connectivity index (χ0v) is 12.4. The quantitative estimate of drug-likeness (QED) is 0.742. The summed E-state index contributed by atoms with van der Waals surface area (Å²) in [5.74, 6) is 0.238. The SMILES string of the molecule is CNC(=O)NC(=O)[C@@H](C)Sc1n[nH]c(-c2ccccc2)n1. The van der Waals surface area contributed by atoms with Crippen LogP contribution in [0.3, 0.4) is 0 Å². The number of hydrogen-bond donors (Lipinski definition) is 3. The number of amides is 3. The molecule has 0 unspecified atom stereocenters. The molecule has 0 aliphatic carbocycles. The zero-order chi connectivity index (χ0) is 15.2. The van der Waals surface area contributed by atoms with Gasteiger partial charge in [-0.25, -0.2) is 9.78 Å². The molecule has 2 aromatic rings. The Morgan fingerprint density at radius 3 is 2.67 bits per heavy atom. The summed E-state index contributed by atoms with van der Waals surface area (Å²) in [4.78, 5) is 27.1. The number of carbonyl (C=O) groups is 2. The second kappa shape index (κ2) is 6.89. The highest BCUT2D eigenvalue weighted by molar-refractivity contribution is 8.00. The van der Waals surface area contributed by atoms with Crippen molar-refractivity contribution in [1.29, 1.82) is 0 Å². The fourth-order valence-corrected chi connectivity index (χ4v) is 2.24. The fourth-order valence-electron chi connectivity index (χ4n) is 1.51. The monoisotopic (exact) mass is 305 g/mol. The molecule has 1 heterocycles. The van der Waals surface area contributed by atoms with Crippen molar-refractivity contribution in [3.05, 3.63) is 30.3 Å². The number of nitrogens with zero attached hydrogens (tertiary/aromatic N) is 2. The standard InChI is InChI=1S/C13H15N5O2S/c1-8(11(19)16-12(20)14-2)21-13-15-10(17-18-13)9-6-4-3-5-7-9/h3-8H,1-2H3,(H,15,17,18)(H2,14,16,19,20)/t8-/m1/s1. The number of nitrogens with one attached hydrogen (secondary N) is 3. The van der Waals surface area contributed by atoms with E-state index in [4.69, 9.17) is 0 Å². The van der Waals surface area contributed by atoms with Crippen LogP contribution in [0.15, 0.2) is 35.5 Å². The molecule has 0 fully saturated rings.